The van der Waals surface area contributed by atoms with E-state index in [2.05, 4.69) is 15.2 Å². The van der Waals surface area contributed by atoms with E-state index in [1.54, 1.807) is 0 Å². The Balaban J connectivity index is 1.42. The van der Waals surface area contributed by atoms with Crippen LogP contribution < -0.4 is 0 Å². The van der Waals surface area contributed by atoms with Crippen molar-refractivity contribution in [3.05, 3.63) is 33.0 Å². The largest absolute Gasteiger partial charge is 0.477 e. The molecule has 0 atom stereocenters. The fourth-order valence-electron chi connectivity index (χ4n) is 3.71. The Labute approximate surface area is 149 Å². The highest BCUT2D eigenvalue weighted by Crippen LogP contribution is 2.32. The minimum atomic E-state index is -0.931. The maximum absolute atomic E-state index is 12.8. The molecule has 0 radical (unpaired) electrons. The normalized spacial score (nSPS) is 18.2. The number of carbonyl (C=O) groups excluding carboxylic acids is 1. The lowest BCUT2D eigenvalue weighted by Crippen LogP contribution is -2.38. The molecule has 0 aromatic carbocycles. The summed E-state index contributed by atoms with van der Waals surface area (Å²) in [5, 5.41) is 17.2. The third-order valence-electron chi connectivity index (χ3n) is 5.12. The summed E-state index contributed by atoms with van der Waals surface area (Å²) in [5.41, 5.74) is 2.81. The van der Waals surface area contributed by atoms with Gasteiger partial charge in [0.1, 0.15) is 4.88 Å². The summed E-state index contributed by atoms with van der Waals surface area (Å²) in [7, 11) is 0. The summed E-state index contributed by atoms with van der Waals surface area (Å²) in [5.74, 6) is -0.682. The molecule has 1 fully saturated rings. The molecule has 2 aromatic heterocycles. The second-order valence-corrected chi connectivity index (χ2v) is 7.73. The second-order valence-electron chi connectivity index (χ2n) is 6.67. The molecule has 1 saturated heterocycles. The quantitative estimate of drug-likeness (QED) is 0.876. The van der Waals surface area contributed by atoms with Crippen molar-refractivity contribution in [2.24, 2.45) is 0 Å². The SMILES string of the molecule is O=C(O)c1cnc(C2CCN(C(=O)c3n[nH]c4c3CCCC4)CC2)s1. The number of nitrogens with one attached hydrogen (secondary N) is 1. The Morgan fingerprint density at radius 3 is 2.72 bits per heavy atom. The minimum Gasteiger partial charge on any atom is -0.477 e. The van der Waals surface area contributed by atoms with Crippen LogP contribution in [-0.4, -0.2) is 50.2 Å². The van der Waals surface area contributed by atoms with Crippen LogP contribution in [0.4, 0.5) is 0 Å². The standard InChI is InChI=1S/C17H20N4O3S/c22-16(14-11-3-1-2-4-12(11)19-20-14)21-7-5-10(6-8-21)15-18-9-13(25-15)17(23)24/h9-10H,1-8H2,(H,19,20)(H,23,24). The highest BCUT2D eigenvalue weighted by atomic mass is 32.1. The fraction of sp³-hybridized carbons (Fsp3) is 0.529. The van der Waals surface area contributed by atoms with Gasteiger partial charge in [0.05, 0.1) is 11.2 Å². The van der Waals surface area contributed by atoms with Gasteiger partial charge in [-0.2, -0.15) is 5.10 Å². The third kappa shape index (κ3) is 3.06. The Hall–Kier alpha value is -2.22. The predicted octanol–water partition coefficient (Wildman–Crippen LogP) is 2.46. The summed E-state index contributed by atoms with van der Waals surface area (Å²) in [6.07, 6.45) is 7.23. The Morgan fingerprint density at radius 2 is 2.00 bits per heavy atom. The van der Waals surface area contributed by atoms with Crippen molar-refractivity contribution < 1.29 is 14.7 Å². The summed E-state index contributed by atoms with van der Waals surface area (Å²) >= 11 is 1.24. The minimum absolute atomic E-state index is 0.0169. The number of carbonyl (C=O) groups is 2. The molecule has 2 N–H and O–H groups in total. The van der Waals surface area contributed by atoms with E-state index in [1.165, 1.54) is 17.5 Å². The van der Waals surface area contributed by atoms with Gasteiger partial charge in [-0.25, -0.2) is 9.78 Å². The van der Waals surface area contributed by atoms with Crippen LogP contribution in [0.3, 0.4) is 0 Å². The smallest absolute Gasteiger partial charge is 0.347 e. The summed E-state index contributed by atoms with van der Waals surface area (Å²) in [4.78, 5) is 30.2. The van der Waals surface area contributed by atoms with Crippen LogP contribution in [0.15, 0.2) is 6.20 Å². The van der Waals surface area contributed by atoms with Gasteiger partial charge in [0, 0.05) is 30.3 Å². The molecule has 0 spiro atoms. The van der Waals surface area contributed by atoms with Crippen LogP contribution in [0, 0.1) is 0 Å². The van der Waals surface area contributed by atoms with Gasteiger partial charge in [0.15, 0.2) is 5.69 Å². The maximum Gasteiger partial charge on any atom is 0.347 e. The van der Waals surface area contributed by atoms with Gasteiger partial charge < -0.3 is 10.0 Å². The number of aromatic amines is 1. The Morgan fingerprint density at radius 1 is 1.24 bits per heavy atom. The third-order valence-corrected chi connectivity index (χ3v) is 6.27. The molecule has 132 valence electrons. The number of aryl methyl sites for hydroxylation is 1. The zero-order valence-corrected chi connectivity index (χ0v) is 14.6. The van der Waals surface area contributed by atoms with E-state index in [1.807, 2.05) is 4.90 Å². The molecule has 0 unspecified atom stereocenters. The number of aromatic nitrogens is 3. The van der Waals surface area contributed by atoms with Crippen molar-refractivity contribution in [1.82, 2.24) is 20.1 Å². The molecular formula is C17H20N4O3S. The topological polar surface area (TPSA) is 99.2 Å². The molecule has 7 nitrogen and oxygen atoms in total. The number of H-pyrrole nitrogens is 1. The van der Waals surface area contributed by atoms with Gasteiger partial charge in [-0.1, -0.05) is 0 Å². The first kappa shape index (κ1) is 16.3. The van der Waals surface area contributed by atoms with E-state index in [4.69, 9.17) is 5.11 Å². The van der Waals surface area contributed by atoms with E-state index >= 15 is 0 Å². The molecule has 25 heavy (non-hydrogen) atoms. The van der Waals surface area contributed by atoms with Crippen LogP contribution in [0.5, 0.6) is 0 Å². The number of hydrogen-bond acceptors (Lipinski definition) is 5. The Kier molecular flexibility index (Phi) is 4.29. The Bertz CT molecular complexity index is 805. The zero-order chi connectivity index (χ0) is 17.4. The number of aromatic carboxylic acids is 1. The maximum atomic E-state index is 12.8. The van der Waals surface area contributed by atoms with E-state index in [9.17, 15) is 9.59 Å². The molecule has 2 aliphatic rings. The average Bonchev–Trinajstić information content (AvgIpc) is 3.29. The van der Waals surface area contributed by atoms with E-state index < -0.39 is 5.97 Å². The molecule has 2 aromatic rings. The number of hydrogen-bond donors (Lipinski definition) is 2. The molecule has 1 aliphatic heterocycles. The lowest BCUT2D eigenvalue weighted by atomic mass is 9.94. The van der Waals surface area contributed by atoms with E-state index in [0.29, 0.717) is 18.8 Å². The van der Waals surface area contributed by atoms with Crippen molar-refractivity contribution >= 4 is 23.2 Å². The van der Waals surface area contributed by atoms with Gasteiger partial charge in [-0.15, -0.1) is 11.3 Å². The number of piperidine rings is 1. The van der Waals surface area contributed by atoms with Crippen LogP contribution in [-0.2, 0) is 12.8 Å². The lowest BCUT2D eigenvalue weighted by Gasteiger charge is -2.31. The van der Waals surface area contributed by atoms with E-state index in [-0.39, 0.29) is 16.7 Å². The molecule has 3 heterocycles. The van der Waals surface area contributed by atoms with Gasteiger partial charge >= 0.3 is 5.97 Å². The van der Waals surface area contributed by atoms with Crippen LogP contribution in [0.1, 0.15) is 68.0 Å². The van der Waals surface area contributed by atoms with Gasteiger partial charge in [-0.3, -0.25) is 9.89 Å². The summed E-state index contributed by atoms with van der Waals surface area (Å²) in [6.45, 7) is 1.32. The number of carboxylic acid groups (broad SMARTS) is 1. The first-order valence-electron chi connectivity index (χ1n) is 8.68. The molecule has 1 aliphatic carbocycles. The summed E-state index contributed by atoms with van der Waals surface area (Å²) in [6, 6.07) is 0. The lowest BCUT2D eigenvalue weighted by molar-refractivity contribution is 0.0695. The van der Waals surface area contributed by atoms with Crippen molar-refractivity contribution in [3.63, 3.8) is 0 Å². The van der Waals surface area contributed by atoms with Crippen molar-refractivity contribution in [2.45, 2.75) is 44.4 Å². The number of fused-ring (bicyclic) bond motifs is 1. The fourth-order valence-corrected chi connectivity index (χ4v) is 4.64. The first-order valence-corrected chi connectivity index (χ1v) is 9.49. The highest BCUT2D eigenvalue weighted by Gasteiger charge is 2.30. The number of carboxylic acids is 1. The van der Waals surface area contributed by atoms with Gasteiger partial charge in [-0.05, 0) is 38.5 Å². The molecule has 0 bridgehead atoms. The summed E-state index contributed by atoms with van der Waals surface area (Å²) < 4.78 is 0. The first-order chi connectivity index (χ1) is 12.1. The molecule has 0 saturated carbocycles. The molecule has 8 heteroatoms. The van der Waals surface area contributed by atoms with Crippen molar-refractivity contribution in [1.29, 1.82) is 0 Å². The van der Waals surface area contributed by atoms with E-state index in [0.717, 1.165) is 54.8 Å². The van der Waals surface area contributed by atoms with Gasteiger partial charge in [0.25, 0.3) is 5.91 Å². The zero-order valence-electron chi connectivity index (χ0n) is 13.8. The number of amides is 1. The number of rotatable bonds is 3. The van der Waals surface area contributed by atoms with Crippen LogP contribution in [0.25, 0.3) is 0 Å². The number of likely N-dealkylation sites (tertiary alicyclic amines) is 1. The average molecular weight is 360 g/mol. The monoisotopic (exact) mass is 360 g/mol. The van der Waals surface area contributed by atoms with Crippen LogP contribution in [0.2, 0.25) is 0 Å². The second kappa shape index (κ2) is 6.59. The van der Waals surface area contributed by atoms with Gasteiger partial charge in [0.2, 0.25) is 0 Å². The number of thiazole rings is 1. The molecule has 1 amide bonds. The number of nitrogens with zero attached hydrogens (tertiary/aromatic N) is 3. The highest BCUT2D eigenvalue weighted by molar-refractivity contribution is 7.13. The molecule has 4 rings (SSSR count). The van der Waals surface area contributed by atoms with Crippen molar-refractivity contribution in [3.8, 4) is 0 Å². The predicted molar refractivity (Wildman–Crippen MR) is 92.2 cm³/mol. The molecular weight excluding hydrogens is 340 g/mol. The van der Waals surface area contributed by atoms with Crippen molar-refractivity contribution in [2.75, 3.05) is 13.1 Å². The van der Waals surface area contributed by atoms with Crippen LogP contribution >= 0.6 is 11.3 Å².